The van der Waals surface area contributed by atoms with Crippen molar-refractivity contribution in [2.24, 2.45) is 0 Å². The predicted molar refractivity (Wildman–Crippen MR) is 78.4 cm³/mol. The van der Waals surface area contributed by atoms with Gasteiger partial charge in [-0.1, -0.05) is 6.07 Å². The van der Waals surface area contributed by atoms with Gasteiger partial charge in [0.05, 0.1) is 12.1 Å². The van der Waals surface area contributed by atoms with Crippen molar-refractivity contribution in [2.75, 3.05) is 6.79 Å². The SMILES string of the molecule is O=c1[nH]c2ccsc2c(=O)n1Cc1ccc2c(c1)OCO2. The van der Waals surface area contributed by atoms with E-state index in [-0.39, 0.29) is 18.9 Å². The Morgan fingerprint density at radius 3 is 2.95 bits per heavy atom. The summed E-state index contributed by atoms with van der Waals surface area (Å²) in [5.74, 6) is 1.31. The Kier molecular flexibility index (Phi) is 2.61. The summed E-state index contributed by atoms with van der Waals surface area (Å²) in [4.78, 5) is 27.1. The molecule has 1 N–H and O–H groups in total. The molecular formula is C14H10N2O4S. The van der Waals surface area contributed by atoms with E-state index in [9.17, 15) is 9.59 Å². The molecule has 1 aliphatic heterocycles. The second-order valence-corrected chi connectivity index (χ2v) is 5.59. The predicted octanol–water partition coefficient (Wildman–Crippen LogP) is 1.53. The number of rotatable bonds is 2. The first-order chi connectivity index (χ1) is 10.2. The smallest absolute Gasteiger partial charge is 0.329 e. The highest BCUT2D eigenvalue weighted by Crippen LogP contribution is 2.32. The van der Waals surface area contributed by atoms with Gasteiger partial charge in [-0.25, -0.2) is 4.79 Å². The first-order valence-corrected chi connectivity index (χ1v) is 7.19. The van der Waals surface area contributed by atoms with Crippen LogP contribution in [0.4, 0.5) is 0 Å². The lowest BCUT2D eigenvalue weighted by Gasteiger charge is -2.06. The highest BCUT2D eigenvalue weighted by Gasteiger charge is 2.15. The van der Waals surface area contributed by atoms with E-state index in [0.29, 0.717) is 21.7 Å². The maximum atomic E-state index is 12.3. The molecule has 0 atom stereocenters. The van der Waals surface area contributed by atoms with Gasteiger partial charge in [0.15, 0.2) is 11.5 Å². The van der Waals surface area contributed by atoms with E-state index in [1.54, 1.807) is 23.6 Å². The Bertz CT molecular complexity index is 953. The van der Waals surface area contributed by atoms with E-state index in [4.69, 9.17) is 9.47 Å². The molecule has 4 rings (SSSR count). The molecule has 0 spiro atoms. The van der Waals surface area contributed by atoms with Gasteiger partial charge in [0.1, 0.15) is 4.70 Å². The van der Waals surface area contributed by atoms with Crippen LogP contribution >= 0.6 is 11.3 Å². The van der Waals surface area contributed by atoms with Gasteiger partial charge in [0.25, 0.3) is 5.56 Å². The molecule has 0 saturated carbocycles. The molecule has 7 heteroatoms. The van der Waals surface area contributed by atoms with Crippen LogP contribution in [-0.2, 0) is 6.54 Å². The van der Waals surface area contributed by atoms with Crippen LogP contribution in [0.1, 0.15) is 5.56 Å². The fourth-order valence-corrected chi connectivity index (χ4v) is 3.13. The highest BCUT2D eigenvalue weighted by molar-refractivity contribution is 7.17. The summed E-state index contributed by atoms with van der Waals surface area (Å²) in [5.41, 5.74) is 0.699. The van der Waals surface area contributed by atoms with Gasteiger partial charge < -0.3 is 14.5 Å². The van der Waals surface area contributed by atoms with E-state index < -0.39 is 5.69 Å². The molecule has 0 unspecified atom stereocenters. The van der Waals surface area contributed by atoms with Gasteiger partial charge in [0, 0.05) is 0 Å². The zero-order valence-electron chi connectivity index (χ0n) is 10.8. The third-order valence-corrected chi connectivity index (χ3v) is 4.27. The molecule has 106 valence electrons. The Labute approximate surface area is 122 Å². The topological polar surface area (TPSA) is 73.3 Å². The van der Waals surface area contributed by atoms with Crippen LogP contribution in [0.5, 0.6) is 11.5 Å². The van der Waals surface area contributed by atoms with Crippen LogP contribution in [0.15, 0.2) is 39.2 Å². The number of ether oxygens (including phenoxy) is 2. The van der Waals surface area contributed by atoms with Crippen molar-refractivity contribution in [3.05, 3.63) is 56.0 Å². The van der Waals surface area contributed by atoms with Crippen molar-refractivity contribution in [1.29, 1.82) is 0 Å². The van der Waals surface area contributed by atoms with Crippen LogP contribution < -0.4 is 20.7 Å². The number of thiophene rings is 1. The van der Waals surface area contributed by atoms with Crippen LogP contribution in [-0.4, -0.2) is 16.3 Å². The summed E-state index contributed by atoms with van der Waals surface area (Å²) >= 11 is 1.32. The van der Waals surface area contributed by atoms with Gasteiger partial charge in [-0.2, -0.15) is 0 Å². The number of fused-ring (bicyclic) bond motifs is 2. The Morgan fingerprint density at radius 2 is 2.05 bits per heavy atom. The first-order valence-electron chi connectivity index (χ1n) is 6.31. The van der Waals surface area contributed by atoms with Gasteiger partial charge in [-0.15, -0.1) is 11.3 Å². The molecule has 1 aromatic carbocycles. The lowest BCUT2D eigenvalue weighted by molar-refractivity contribution is 0.174. The van der Waals surface area contributed by atoms with Gasteiger partial charge >= 0.3 is 5.69 Å². The number of hydrogen-bond donors (Lipinski definition) is 1. The van der Waals surface area contributed by atoms with Crippen molar-refractivity contribution in [1.82, 2.24) is 9.55 Å². The third-order valence-electron chi connectivity index (χ3n) is 3.37. The summed E-state index contributed by atoms with van der Waals surface area (Å²) in [7, 11) is 0. The second kappa shape index (κ2) is 4.49. The minimum absolute atomic E-state index is 0.193. The summed E-state index contributed by atoms with van der Waals surface area (Å²) < 4.78 is 12.3. The minimum atomic E-state index is -0.413. The standard InChI is InChI=1S/C14H10N2O4S/c17-13-12-9(3-4-21-12)15-14(18)16(13)6-8-1-2-10-11(5-8)20-7-19-10/h1-5H,6-7H2,(H,15,18). The summed E-state index contributed by atoms with van der Waals surface area (Å²) in [6.07, 6.45) is 0. The molecule has 0 fully saturated rings. The number of H-pyrrole nitrogens is 1. The fourth-order valence-electron chi connectivity index (χ4n) is 2.34. The number of aromatic nitrogens is 2. The number of nitrogens with one attached hydrogen (secondary N) is 1. The van der Waals surface area contributed by atoms with Crippen LogP contribution in [0.2, 0.25) is 0 Å². The molecule has 0 bridgehead atoms. The lowest BCUT2D eigenvalue weighted by Crippen LogP contribution is -2.34. The molecule has 6 nitrogen and oxygen atoms in total. The molecule has 2 aromatic heterocycles. The maximum absolute atomic E-state index is 12.3. The van der Waals surface area contributed by atoms with Crippen molar-refractivity contribution in [3.8, 4) is 11.5 Å². The summed E-state index contributed by atoms with van der Waals surface area (Å²) in [6.45, 7) is 0.388. The average molecular weight is 302 g/mol. The highest BCUT2D eigenvalue weighted by atomic mass is 32.1. The van der Waals surface area contributed by atoms with Gasteiger partial charge in [-0.05, 0) is 29.1 Å². The molecule has 0 radical (unpaired) electrons. The Morgan fingerprint density at radius 1 is 1.19 bits per heavy atom. The largest absolute Gasteiger partial charge is 0.454 e. The van der Waals surface area contributed by atoms with Gasteiger partial charge in [0.2, 0.25) is 6.79 Å². The molecular weight excluding hydrogens is 292 g/mol. The van der Waals surface area contributed by atoms with E-state index in [2.05, 4.69) is 4.98 Å². The number of aromatic amines is 1. The molecule has 1 aliphatic rings. The Balaban J connectivity index is 1.81. The van der Waals surface area contributed by atoms with E-state index in [1.165, 1.54) is 15.9 Å². The van der Waals surface area contributed by atoms with Crippen LogP contribution in [0.25, 0.3) is 10.2 Å². The summed E-state index contributed by atoms with van der Waals surface area (Å²) in [6, 6.07) is 7.11. The first kappa shape index (κ1) is 12.2. The van der Waals surface area contributed by atoms with Crippen molar-refractivity contribution >= 4 is 21.6 Å². The average Bonchev–Trinajstić information content (AvgIpc) is 3.11. The van der Waals surface area contributed by atoms with Gasteiger partial charge in [-0.3, -0.25) is 9.36 Å². The number of benzene rings is 1. The molecule has 3 heterocycles. The van der Waals surface area contributed by atoms with Crippen LogP contribution in [0.3, 0.4) is 0 Å². The molecule has 21 heavy (non-hydrogen) atoms. The normalized spacial score (nSPS) is 13.0. The zero-order valence-corrected chi connectivity index (χ0v) is 11.6. The molecule has 0 aliphatic carbocycles. The molecule has 0 saturated heterocycles. The second-order valence-electron chi connectivity index (χ2n) is 4.67. The lowest BCUT2D eigenvalue weighted by atomic mass is 10.2. The van der Waals surface area contributed by atoms with E-state index in [1.807, 2.05) is 6.07 Å². The number of nitrogens with zero attached hydrogens (tertiary/aromatic N) is 1. The van der Waals surface area contributed by atoms with Crippen LogP contribution in [0, 0.1) is 0 Å². The fraction of sp³-hybridized carbons (Fsp3) is 0.143. The number of hydrogen-bond acceptors (Lipinski definition) is 5. The van der Waals surface area contributed by atoms with Crippen molar-refractivity contribution < 1.29 is 9.47 Å². The molecule has 3 aromatic rings. The zero-order chi connectivity index (χ0) is 14.4. The maximum Gasteiger partial charge on any atom is 0.329 e. The van der Waals surface area contributed by atoms with E-state index in [0.717, 1.165) is 5.56 Å². The van der Waals surface area contributed by atoms with Crippen molar-refractivity contribution in [2.45, 2.75) is 6.54 Å². The van der Waals surface area contributed by atoms with E-state index >= 15 is 0 Å². The minimum Gasteiger partial charge on any atom is -0.454 e. The third kappa shape index (κ3) is 1.93. The monoisotopic (exact) mass is 302 g/mol. The Hall–Kier alpha value is -2.54. The summed E-state index contributed by atoms with van der Waals surface area (Å²) in [5, 5.41) is 1.78. The molecule has 0 amide bonds. The quantitative estimate of drug-likeness (QED) is 0.779. The van der Waals surface area contributed by atoms with Crippen molar-refractivity contribution in [3.63, 3.8) is 0 Å².